The number of fused-ring (bicyclic) bond motifs is 1. The molecular weight excluding hydrogens is 337 g/mol. The molecular formula is C19H12FN3OS. The average Bonchev–Trinajstić information content (AvgIpc) is 3.15. The van der Waals surface area contributed by atoms with E-state index in [4.69, 9.17) is 0 Å². The van der Waals surface area contributed by atoms with Gasteiger partial charge in [-0.2, -0.15) is 9.50 Å². The zero-order valence-corrected chi connectivity index (χ0v) is 13.8. The Balaban J connectivity index is 1.68. The van der Waals surface area contributed by atoms with Gasteiger partial charge in [-0.1, -0.05) is 59.9 Å². The van der Waals surface area contributed by atoms with Gasteiger partial charge in [-0.25, -0.2) is 4.39 Å². The third-order valence-corrected chi connectivity index (χ3v) is 4.55. The lowest BCUT2D eigenvalue weighted by Crippen LogP contribution is -2.23. The van der Waals surface area contributed by atoms with Gasteiger partial charge < -0.3 is 0 Å². The number of rotatable bonds is 3. The van der Waals surface area contributed by atoms with Crippen molar-refractivity contribution >= 4 is 34.5 Å². The van der Waals surface area contributed by atoms with Crippen LogP contribution in [0.4, 0.5) is 4.39 Å². The van der Waals surface area contributed by atoms with Gasteiger partial charge >= 0.3 is 0 Å². The molecule has 122 valence electrons. The van der Waals surface area contributed by atoms with Crippen molar-refractivity contribution < 1.29 is 4.39 Å². The maximum atomic E-state index is 13.0. The number of halogens is 1. The van der Waals surface area contributed by atoms with Gasteiger partial charge in [0, 0.05) is 0 Å². The first-order valence-corrected chi connectivity index (χ1v) is 8.41. The van der Waals surface area contributed by atoms with Crippen LogP contribution in [0.2, 0.25) is 0 Å². The van der Waals surface area contributed by atoms with E-state index in [9.17, 15) is 9.18 Å². The Morgan fingerprint density at radius 2 is 1.72 bits per heavy atom. The molecule has 2 aromatic carbocycles. The topological polar surface area (TPSA) is 47.3 Å². The molecule has 4 nitrogen and oxygen atoms in total. The summed E-state index contributed by atoms with van der Waals surface area (Å²) in [4.78, 5) is 17.3. The molecule has 4 aromatic rings. The fourth-order valence-corrected chi connectivity index (χ4v) is 3.28. The van der Waals surface area contributed by atoms with Gasteiger partial charge in [0.2, 0.25) is 4.96 Å². The van der Waals surface area contributed by atoms with Crippen LogP contribution in [0.25, 0.3) is 23.2 Å². The van der Waals surface area contributed by atoms with Gasteiger partial charge in [-0.15, -0.1) is 5.10 Å². The molecule has 0 spiro atoms. The highest BCUT2D eigenvalue weighted by Gasteiger charge is 2.08. The summed E-state index contributed by atoms with van der Waals surface area (Å²) in [5.41, 5.74) is 1.57. The molecule has 0 N–H and O–H groups in total. The summed E-state index contributed by atoms with van der Waals surface area (Å²) in [6, 6.07) is 15.8. The maximum Gasteiger partial charge on any atom is 0.291 e. The van der Waals surface area contributed by atoms with E-state index in [0.29, 0.717) is 15.3 Å². The van der Waals surface area contributed by atoms with Crippen LogP contribution in [0.1, 0.15) is 17.0 Å². The second-order valence-electron chi connectivity index (χ2n) is 5.38. The lowest BCUT2D eigenvalue weighted by molar-refractivity contribution is 0.628. The Morgan fingerprint density at radius 3 is 2.44 bits per heavy atom. The molecule has 0 atom stereocenters. The first kappa shape index (κ1) is 15.4. The molecule has 2 aromatic heterocycles. The highest BCUT2D eigenvalue weighted by Crippen LogP contribution is 2.08. The predicted molar refractivity (Wildman–Crippen MR) is 97.7 cm³/mol. The van der Waals surface area contributed by atoms with Crippen LogP contribution in [0.15, 0.2) is 59.4 Å². The summed E-state index contributed by atoms with van der Waals surface area (Å²) >= 11 is 1.26. The minimum atomic E-state index is -0.308. The van der Waals surface area contributed by atoms with E-state index in [0.717, 1.165) is 11.1 Å². The van der Waals surface area contributed by atoms with E-state index in [2.05, 4.69) is 10.1 Å². The number of hydrogen-bond acceptors (Lipinski definition) is 4. The molecule has 0 saturated heterocycles. The number of thiazole rings is 1. The summed E-state index contributed by atoms with van der Waals surface area (Å²) in [6.07, 6.45) is 5.38. The van der Waals surface area contributed by atoms with Gasteiger partial charge in [0.05, 0.1) is 4.53 Å². The molecule has 0 amide bonds. The molecule has 0 bridgehead atoms. The van der Waals surface area contributed by atoms with Crippen molar-refractivity contribution in [3.63, 3.8) is 0 Å². The van der Waals surface area contributed by atoms with Crippen LogP contribution in [-0.2, 0) is 0 Å². The molecule has 0 unspecified atom stereocenters. The number of aromatic nitrogens is 3. The van der Waals surface area contributed by atoms with Crippen molar-refractivity contribution in [3.05, 3.63) is 92.3 Å². The second kappa shape index (κ2) is 6.41. The molecule has 2 heterocycles. The Bertz CT molecular complexity index is 1160. The fourth-order valence-electron chi connectivity index (χ4n) is 2.36. The number of nitrogens with zero attached hydrogens (tertiary/aromatic N) is 3. The van der Waals surface area contributed by atoms with Crippen molar-refractivity contribution in [1.29, 1.82) is 0 Å². The SMILES string of the molecule is O=c1/c(=C/c2ccc(F)cc2)sc2nc(/C=C/c3ccccc3)nn12. The normalized spacial score (nSPS) is 12.4. The summed E-state index contributed by atoms with van der Waals surface area (Å²) < 4.78 is 14.8. The van der Waals surface area contributed by atoms with Crippen LogP contribution in [0.5, 0.6) is 0 Å². The van der Waals surface area contributed by atoms with Gasteiger partial charge in [0.1, 0.15) is 5.82 Å². The Hall–Kier alpha value is -3.12. The van der Waals surface area contributed by atoms with Crippen LogP contribution < -0.4 is 10.1 Å². The molecule has 0 aliphatic heterocycles. The highest BCUT2D eigenvalue weighted by molar-refractivity contribution is 7.15. The van der Waals surface area contributed by atoms with Gasteiger partial charge in [0.25, 0.3) is 5.56 Å². The lowest BCUT2D eigenvalue weighted by Gasteiger charge is -1.90. The summed E-state index contributed by atoms with van der Waals surface area (Å²) in [5.74, 6) is 0.178. The van der Waals surface area contributed by atoms with E-state index in [1.165, 1.54) is 28.0 Å². The molecule has 0 saturated carbocycles. The summed E-state index contributed by atoms with van der Waals surface area (Å²) in [6.45, 7) is 0. The lowest BCUT2D eigenvalue weighted by atomic mass is 10.2. The molecule has 25 heavy (non-hydrogen) atoms. The van der Waals surface area contributed by atoms with E-state index in [-0.39, 0.29) is 11.4 Å². The van der Waals surface area contributed by atoms with Gasteiger partial charge in [-0.3, -0.25) is 4.79 Å². The Morgan fingerprint density at radius 1 is 0.960 bits per heavy atom. The number of hydrogen-bond donors (Lipinski definition) is 0. The maximum absolute atomic E-state index is 13.0. The predicted octanol–water partition coefficient (Wildman–Crippen LogP) is 3.01. The smallest absolute Gasteiger partial charge is 0.266 e. The van der Waals surface area contributed by atoms with Crippen molar-refractivity contribution in [3.8, 4) is 0 Å². The van der Waals surface area contributed by atoms with Gasteiger partial charge in [-0.05, 0) is 35.4 Å². The first-order chi connectivity index (χ1) is 12.2. The monoisotopic (exact) mass is 349 g/mol. The van der Waals surface area contributed by atoms with Crippen molar-refractivity contribution in [2.45, 2.75) is 0 Å². The van der Waals surface area contributed by atoms with Gasteiger partial charge in [0.15, 0.2) is 5.82 Å². The molecule has 0 aliphatic rings. The summed E-state index contributed by atoms with van der Waals surface area (Å²) in [7, 11) is 0. The molecule has 0 fully saturated rings. The highest BCUT2D eigenvalue weighted by atomic mass is 32.1. The second-order valence-corrected chi connectivity index (χ2v) is 6.38. The summed E-state index contributed by atoms with van der Waals surface area (Å²) in [5, 5.41) is 4.24. The molecule has 0 radical (unpaired) electrons. The van der Waals surface area contributed by atoms with Crippen molar-refractivity contribution in [2.75, 3.05) is 0 Å². The quantitative estimate of drug-likeness (QED) is 0.571. The van der Waals surface area contributed by atoms with Crippen molar-refractivity contribution in [1.82, 2.24) is 14.6 Å². The fraction of sp³-hybridized carbons (Fsp3) is 0. The largest absolute Gasteiger partial charge is 0.291 e. The van der Waals surface area contributed by atoms with E-state index < -0.39 is 0 Å². The minimum Gasteiger partial charge on any atom is -0.266 e. The van der Waals surface area contributed by atoms with E-state index in [1.54, 1.807) is 24.3 Å². The molecule has 4 rings (SSSR count). The third-order valence-electron chi connectivity index (χ3n) is 3.59. The minimum absolute atomic E-state index is 0.226. The molecule has 6 heteroatoms. The first-order valence-electron chi connectivity index (χ1n) is 7.59. The average molecular weight is 349 g/mol. The molecule has 0 aliphatic carbocycles. The van der Waals surface area contributed by atoms with Crippen LogP contribution in [0, 0.1) is 5.82 Å². The van der Waals surface area contributed by atoms with Crippen LogP contribution >= 0.6 is 11.3 Å². The Labute approximate surface area is 146 Å². The van der Waals surface area contributed by atoms with Crippen LogP contribution in [0.3, 0.4) is 0 Å². The number of benzene rings is 2. The standard InChI is InChI=1S/C19H12FN3OS/c20-15-9-6-14(7-10-15)12-16-18(24)23-19(25-16)21-17(22-23)11-8-13-4-2-1-3-5-13/h1-12H/b11-8+,16-12-. The zero-order valence-electron chi connectivity index (χ0n) is 13.0. The Kier molecular flexibility index (Phi) is 3.95. The zero-order chi connectivity index (χ0) is 17.2. The van der Waals surface area contributed by atoms with Crippen LogP contribution in [-0.4, -0.2) is 14.6 Å². The third kappa shape index (κ3) is 3.25. The van der Waals surface area contributed by atoms with E-state index in [1.807, 2.05) is 36.4 Å². The van der Waals surface area contributed by atoms with Crippen molar-refractivity contribution in [2.24, 2.45) is 0 Å². The van der Waals surface area contributed by atoms with E-state index >= 15 is 0 Å².